The first kappa shape index (κ1) is 14.2. The molecule has 0 aliphatic heterocycles. The fraction of sp³-hybridized carbons (Fsp3) is 0.0909. The quantitative estimate of drug-likeness (QED) is 0.777. The lowest BCUT2D eigenvalue weighted by Gasteiger charge is -1.87. The lowest BCUT2D eigenvalue weighted by molar-refractivity contribution is 0.0995. The van der Waals surface area contributed by atoms with Crippen LogP contribution in [0.4, 0.5) is 5.69 Å². The summed E-state index contributed by atoms with van der Waals surface area (Å²) in [6.07, 6.45) is 0. The van der Waals surface area contributed by atoms with Gasteiger partial charge in [0.1, 0.15) is 4.88 Å². The van der Waals surface area contributed by atoms with Crippen LogP contribution < -0.4 is 17.2 Å². The van der Waals surface area contributed by atoms with E-state index in [1.165, 1.54) is 22.7 Å². The number of hydrogen-bond donors (Lipinski definition) is 3. The number of rotatable bonds is 2. The number of nitrogens with two attached hydrogens (primary N) is 3. The van der Waals surface area contributed by atoms with Crippen molar-refractivity contribution in [3.05, 3.63) is 38.2 Å². The largest absolute Gasteiger partial charge is 0.397 e. The molecule has 0 atom stereocenters. The Morgan fingerprint density at radius 2 is 1.50 bits per heavy atom. The molecule has 96 valence electrons. The second-order valence-corrected chi connectivity index (χ2v) is 5.20. The zero-order valence-corrected chi connectivity index (χ0v) is 11.3. The van der Waals surface area contributed by atoms with Gasteiger partial charge in [-0.15, -0.1) is 22.7 Å². The molecule has 7 heteroatoms. The van der Waals surface area contributed by atoms with Crippen LogP contribution in [0.2, 0.25) is 0 Å². The molecule has 0 aromatic carbocycles. The lowest BCUT2D eigenvalue weighted by Crippen LogP contribution is -2.10. The lowest BCUT2D eigenvalue weighted by atomic mass is 10.3. The molecule has 0 saturated heterocycles. The summed E-state index contributed by atoms with van der Waals surface area (Å²) in [7, 11) is 0. The topological polar surface area (TPSA) is 112 Å². The smallest absolute Gasteiger partial charge is 0.260 e. The van der Waals surface area contributed by atoms with Crippen LogP contribution in [0.25, 0.3) is 0 Å². The van der Waals surface area contributed by atoms with Crippen molar-refractivity contribution in [3.63, 3.8) is 0 Å². The van der Waals surface area contributed by atoms with Crippen molar-refractivity contribution in [2.24, 2.45) is 11.5 Å². The Labute approximate surface area is 112 Å². The third-order valence-electron chi connectivity index (χ3n) is 2.01. The minimum absolute atomic E-state index is 0.331. The number of aryl methyl sites for hydroxylation is 1. The van der Waals surface area contributed by atoms with E-state index in [1.54, 1.807) is 11.4 Å². The standard InChI is InChI=1S/C6H7NOS.C5H6N2OS/c1-4-2-3-9-5(4)6(7)8;6-3-1-2-9-4(3)5(7)8/h2-3H,1H3,(H2,7,8);1-2H,6H2,(H2,7,8). The molecule has 2 aromatic rings. The van der Waals surface area contributed by atoms with Gasteiger partial charge in [0.25, 0.3) is 11.8 Å². The van der Waals surface area contributed by atoms with E-state index in [1.807, 2.05) is 18.4 Å². The molecule has 0 bridgehead atoms. The van der Waals surface area contributed by atoms with E-state index >= 15 is 0 Å². The number of thiophene rings is 2. The SMILES string of the molecule is Cc1ccsc1C(N)=O.NC(=O)c1sccc1N. The monoisotopic (exact) mass is 283 g/mol. The Bertz CT molecular complexity index is 510. The molecule has 0 saturated carbocycles. The molecule has 5 nitrogen and oxygen atoms in total. The van der Waals surface area contributed by atoms with Gasteiger partial charge in [0, 0.05) is 0 Å². The molecule has 2 heterocycles. The number of nitrogen functional groups attached to an aromatic ring is 1. The first-order valence-electron chi connectivity index (χ1n) is 4.90. The summed E-state index contributed by atoms with van der Waals surface area (Å²) in [6.45, 7) is 1.87. The van der Waals surface area contributed by atoms with Gasteiger partial charge in [-0.1, -0.05) is 0 Å². The van der Waals surface area contributed by atoms with Crippen LogP contribution in [0.5, 0.6) is 0 Å². The Kier molecular flexibility index (Phi) is 4.87. The number of carbonyl (C=O) groups excluding carboxylic acids is 2. The van der Waals surface area contributed by atoms with E-state index in [0.29, 0.717) is 15.4 Å². The predicted octanol–water partition coefficient (Wildman–Crippen LogP) is 1.58. The van der Waals surface area contributed by atoms with Crippen LogP contribution in [0.3, 0.4) is 0 Å². The summed E-state index contributed by atoms with van der Waals surface area (Å²) in [5.41, 5.74) is 16.8. The van der Waals surface area contributed by atoms with Crippen molar-refractivity contribution in [2.45, 2.75) is 6.92 Å². The highest BCUT2D eigenvalue weighted by Crippen LogP contribution is 2.17. The van der Waals surface area contributed by atoms with E-state index in [-0.39, 0.29) is 5.91 Å². The Morgan fingerprint density at radius 3 is 1.72 bits per heavy atom. The summed E-state index contributed by atoms with van der Waals surface area (Å²) in [5.74, 6) is -0.787. The van der Waals surface area contributed by atoms with Crippen LogP contribution in [0.15, 0.2) is 22.9 Å². The highest BCUT2D eigenvalue weighted by Gasteiger charge is 2.04. The van der Waals surface area contributed by atoms with Gasteiger partial charge in [-0.2, -0.15) is 0 Å². The van der Waals surface area contributed by atoms with Gasteiger partial charge in [0.05, 0.1) is 10.6 Å². The van der Waals surface area contributed by atoms with Crippen LogP contribution in [-0.2, 0) is 0 Å². The van der Waals surface area contributed by atoms with Crippen LogP contribution in [-0.4, -0.2) is 11.8 Å². The second-order valence-electron chi connectivity index (χ2n) is 3.37. The Hall–Kier alpha value is -1.86. The van der Waals surface area contributed by atoms with Gasteiger partial charge in [-0.25, -0.2) is 0 Å². The van der Waals surface area contributed by atoms with Gasteiger partial charge < -0.3 is 17.2 Å². The molecule has 0 unspecified atom stereocenters. The average Bonchev–Trinajstić information content (AvgIpc) is 2.87. The van der Waals surface area contributed by atoms with Crippen molar-refractivity contribution >= 4 is 40.2 Å². The van der Waals surface area contributed by atoms with Crippen molar-refractivity contribution < 1.29 is 9.59 Å². The van der Waals surface area contributed by atoms with Gasteiger partial charge >= 0.3 is 0 Å². The van der Waals surface area contributed by atoms with Crippen LogP contribution in [0, 0.1) is 6.92 Å². The number of amides is 2. The number of primary amides is 2. The summed E-state index contributed by atoms with van der Waals surface area (Å²) in [6, 6.07) is 3.54. The van der Waals surface area contributed by atoms with E-state index in [9.17, 15) is 9.59 Å². The highest BCUT2D eigenvalue weighted by atomic mass is 32.1. The molecule has 0 fully saturated rings. The van der Waals surface area contributed by atoms with Crippen molar-refractivity contribution in [2.75, 3.05) is 5.73 Å². The van der Waals surface area contributed by atoms with Crippen molar-refractivity contribution in [1.82, 2.24) is 0 Å². The average molecular weight is 283 g/mol. The summed E-state index contributed by atoms with van der Waals surface area (Å²) in [4.78, 5) is 22.1. The van der Waals surface area contributed by atoms with Crippen LogP contribution >= 0.6 is 22.7 Å². The van der Waals surface area contributed by atoms with Crippen molar-refractivity contribution in [1.29, 1.82) is 0 Å². The van der Waals surface area contributed by atoms with E-state index in [0.717, 1.165) is 5.56 Å². The number of carbonyl (C=O) groups is 2. The maximum absolute atomic E-state index is 10.5. The van der Waals surface area contributed by atoms with Gasteiger partial charge in [-0.3, -0.25) is 9.59 Å². The minimum Gasteiger partial charge on any atom is -0.397 e. The third-order valence-corrected chi connectivity index (χ3v) is 3.98. The molecule has 2 aromatic heterocycles. The van der Waals surface area contributed by atoms with Gasteiger partial charge in [0.2, 0.25) is 0 Å². The zero-order chi connectivity index (χ0) is 13.7. The molecular weight excluding hydrogens is 270 g/mol. The number of hydrogen-bond acceptors (Lipinski definition) is 5. The third kappa shape index (κ3) is 3.57. The maximum Gasteiger partial charge on any atom is 0.260 e. The second kappa shape index (κ2) is 6.18. The fourth-order valence-electron chi connectivity index (χ4n) is 1.14. The Morgan fingerprint density at radius 1 is 1.00 bits per heavy atom. The van der Waals surface area contributed by atoms with Gasteiger partial charge in [-0.05, 0) is 35.4 Å². The first-order chi connectivity index (χ1) is 8.43. The fourth-order valence-corrected chi connectivity index (χ4v) is 2.59. The summed E-state index contributed by atoms with van der Waals surface area (Å²) in [5, 5.41) is 3.59. The first-order valence-corrected chi connectivity index (χ1v) is 6.66. The van der Waals surface area contributed by atoms with Crippen LogP contribution in [0.1, 0.15) is 24.9 Å². The van der Waals surface area contributed by atoms with Gasteiger partial charge in [0.15, 0.2) is 0 Å². The highest BCUT2D eigenvalue weighted by molar-refractivity contribution is 7.12. The minimum atomic E-state index is -0.456. The number of anilines is 1. The molecule has 2 amide bonds. The Balaban J connectivity index is 0.000000180. The summed E-state index contributed by atoms with van der Waals surface area (Å²) < 4.78 is 0. The normalized spacial score (nSPS) is 9.39. The maximum atomic E-state index is 10.5. The molecular formula is C11H13N3O2S2. The summed E-state index contributed by atoms with van der Waals surface area (Å²) >= 11 is 2.64. The molecule has 0 aliphatic rings. The van der Waals surface area contributed by atoms with E-state index < -0.39 is 5.91 Å². The predicted molar refractivity (Wildman–Crippen MR) is 74.8 cm³/mol. The molecule has 0 aliphatic carbocycles. The van der Waals surface area contributed by atoms with E-state index in [4.69, 9.17) is 17.2 Å². The van der Waals surface area contributed by atoms with Crippen molar-refractivity contribution in [3.8, 4) is 0 Å². The molecule has 18 heavy (non-hydrogen) atoms. The molecule has 6 N–H and O–H groups in total. The van der Waals surface area contributed by atoms with E-state index in [2.05, 4.69) is 0 Å². The molecule has 2 rings (SSSR count). The molecule has 0 spiro atoms. The zero-order valence-electron chi connectivity index (χ0n) is 9.67. The molecule has 0 radical (unpaired) electrons.